The molecule has 0 radical (unpaired) electrons. The number of rotatable bonds is 8. The molecule has 1 aromatic carbocycles. The molecule has 2 N–H and O–H groups in total. The van der Waals surface area contributed by atoms with Gasteiger partial charge in [0.25, 0.3) is 5.89 Å². The van der Waals surface area contributed by atoms with Gasteiger partial charge in [-0.15, -0.1) is 0 Å². The lowest BCUT2D eigenvalue weighted by atomic mass is 9.78. The van der Waals surface area contributed by atoms with Gasteiger partial charge in [-0.2, -0.15) is 4.98 Å². The van der Waals surface area contributed by atoms with Gasteiger partial charge in [0.15, 0.2) is 5.82 Å². The summed E-state index contributed by atoms with van der Waals surface area (Å²) in [6, 6.07) is 8.07. The number of nitrogens with one attached hydrogen (secondary N) is 1. The number of benzene rings is 1. The highest BCUT2D eigenvalue weighted by molar-refractivity contribution is 5.71. The Hall–Kier alpha value is -3.13. The zero-order valence-electron chi connectivity index (χ0n) is 17.9. The molecule has 1 fully saturated rings. The molecule has 8 nitrogen and oxygen atoms in total. The number of aromatic nitrogens is 4. The van der Waals surface area contributed by atoms with Gasteiger partial charge in [-0.1, -0.05) is 37.2 Å². The van der Waals surface area contributed by atoms with Crippen molar-refractivity contribution in [2.45, 2.75) is 51.6 Å². The highest BCUT2D eigenvalue weighted by Crippen LogP contribution is 2.35. The first kappa shape index (κ1) is 21.1. The summed E-state index contributed by atoms with van der Waals surface area (Å²) in [5.74, 6) is 0.312. The van der Waals surface area contributed by atoms with Gasteiger partial charge >= 0.3 is 5.97 Å². The van der Waals surface area contributed by atoms with Crippen LogP contribution in [0.5, 0.6) is 0 Å². The van der Waals surface area contributed by atoms with E-state index in [4.69, 9.17) is 9.51 Å². The summed E-state index contributed by atoms with van der Waals surface area (Å²) >= 11 is 0. The van der Waals surface area contributed by atoms with Gasteiger partial charge in [0.05, 0.1) is 17.8 Å². The molecule has 1 saturated carbocycles. The molecular formula is C23H27N5O3. The van der Waals surface area contributed by atoms with E-state index < -0.39 is 11.5 Å². The molecule has 1 aliphatic carbocycles. The van der Waals surface area contributed by atoms with Gasteiger partial charge in [0.1, 0.15) is 5.54 Å². The Kier molecular flexibility index (Phi) is 5.82. The summed E-state index contributed by atoms with van der Waals surface area (Å²) in [4.78, 5) is 24.6. The molecule has 1 atom stereocenters. The average Bonchev–Trinajstić information content (AvgIpc) is 3.21. The Bertz CT molecular complexity index is 1050. The molecule has 162 valence electrons. The van der Waals surface area contributed by atoms with Crippen LogP contribution in [0.15, 0.2) is 47.4 Å². The minimum absolute atomic E-state index is 0.0169. The molecule has 31 heavy (non-hydrogen) atoms. The zero-order chi connectivity index (χ0) is 22.0. The summed E-state index contributed by atoms with van der Waals surface area (Å²) in [5, 5.41) is 17.0. The predicted molar refractivity (Wildman–Crippen MR) is 114 cm³/mol. The Balaban J connectivity index is 1.67. The summed E-state index contributed by atoms with van der Waals surface area (Å²) < 4.78 is 5.69. The third-order valence-electron chi connectivity index (χ3n) is 5.80. The minimum Gasteiger partial charge on any atom is -0.481 e. The Morgan fingerprint density at radius 1 is 1.29 bits per heavy atom. The van der Waals surface area contributed by atoms with E-state index >= 15 is 0 Å². The number of aliphatic carboxylic acids is 1. The summed E-state index contributed by atoms with van der Waals surface area (Å²) in [7, 11) is 0. The lowest BCUT2D eigenvalue weighted by molar-refractivity contribution is -0.145. The highest BCUT2D eigenvalue weighted by atomic mass is 16.5. The maximum absolute atomic E-state index is 11.2. The Labute approximate surface area is 181 Å². The van der Waals surface area contributed by atoms with Crippen LogP contribution in [-0.2, 0) is 16.8 Å². The van der Waals surface area contributed by atoms with Crippen LogP contribution in [0.25, 0.3) is 11.5 Å². The maximum atomic E-state index is 11.2. The number of nitrogens with zero attached hydrogens (tertiary/aromatic N) is 4. The van der Waals surface area contributed by atoms with E-state index in [0.717, 1.165) is 17.5 Å². The van der Waals surface area contributed by atoms with E-state index in [2.05, 4.69) is 40.4 Å². The molecule has 1 unspecified atom stereocenters. The number of hydrogen-bond donors (Lipinski definition) is 2. The first-order valence-electron chi connectivity index (χ1n) is 10.6. The fraction of sp³-hybridized carbons (Fsp3) is 0.435. The first-order valence-corrected chi connectivity index (χ1v) is 10.6. The second-order valence-corrected chi connectivity index (χ2v) is 8.74. The van der Waals surface area contributed by atoms with Crippen molar-refractivity contribution in [2.75, 3.05) is 0 Å². The molecule has 1 aliphatic rings. The summed E-state index contributed by atoms with van der Waals surface area (Å²) in [6.45, 7) is 6.28. The van der Waals surface area contributed by atoms with Crippen molar-refractivity contribution >= 4 is 5.97 Å². The van der Waals surface area contributed by atoms with Crippen LogP contribution in [0.3, 0.4) is 0 Å². The average molecular weight is 422 g/mol. The van der Waals surface area contributed by atoms with Crippen LogP contribution in [0.1, 0.15) is 50.7 Å². The Morgan fingerprint density at radius 3 is 2.74 bits per heavy atom. The smallest absolute Gasteiger partial charge is 0.306 e. The number of carboxylic acid groups (broad SMARTS) is 1. The third-order valence-corrected chi connectivity index (χ3v) is 5.80. The maximum Gasteiger partial charge on any atom is 0.306 e. The summed E-state index contributed by atoms with van der Waals surface area (Å²) in [5.41, 5.74) is 1.87. The fourth-order valence-corrected chi connectivity index (χ4v) is 4.04. The quantitative estimate of drug-likeness (QED) is 0.568. The van der Waals surface area contributed by atoms with Crippen molar-refractivity contribution in [1.82, 2.24) is 25.4 Å². The van der Waals surface area contributed by atoms with Crippen LogP contribution >= 0.6 is 0 Å². The molecular weight excluding hydrogens is 394 g/mol. The van der Waals surface area contributed by atoms with Crippen molar-refractivity contribution in [3.05, 3.63) is 59.9 Å². The Morgan fingerprint density at radius 2 is 2.06 bits per heavy atom. The first-order chi connectivity index (χ1) is 14.9. The van der Waals surface area contributed by atoms with Crippen LogP contribution in [-0.4, -0.2) is 37.2 Å². The topological polar surface area (TPSA) is 114 Å². The van der Waals surface area contributed by atoms with E-state index in [1.807, 2.05) is 25.1 Å². The van der Waals surface area contributed by atoms with Gasteiger partial charge in [0.2, 0.25) is 0 Å². The van der Waals surface area contributed by atoms with Crippen molar-refractivity contribution in [3.8, 4) is 11.5 Å². The molecule has 0 spiro atoms. The normalized spacial score (nSPS) is 20.3. The lowest BCUT2D eigenvalue weighted by Crippen LogP contribution is -2.54. The van der Waals surface area contributed by atoms with Gasteiger partial charge in [-0.05, 0) is 43.7 Å². The van der Waals surface area contributed by atoms with Gasteiger partial charge < -0.3 is 9.63 Å². The molecule has 8 heteroatoms. The van der Waals surface area contributed by atoms with E-state index in [1.54, 1.807) is 18.6 Å². The van der Waals surface area contributed by atoms with Crippen molar-refractivity contribution in [3.63, 3.8) is 0 Å². The monoisotopic (exact) mass is 421 g/mol. The minimum atomic E-state index is -0.864. The molecule has 0 saturated heterocycles. The van der Waals surface area contributed by atoms with Crippen LogP contribution in [0, 0.1) is 11.8 Å². The van der Waals surface area contributed by atoms with E-state index in [9.17, 15) is 9.90 Å². The second-order valence-electron chi connectivity index (χ2n) is 8.74. The number of carboxylic acids is 1. The lowest BCUT2D eigenvalue weighted by Gasteiger charge is -2.39. The molecule has 0 aliphatic heterocycles. The van der Waals surface area contributed by atoms with E-state index in [1.165, 1.54) is 0 Å². The van der Waals surface area contributed by atoms with Crippen LogP contribution < -0.4 is 5.32 Å². The zero-order valence-corrected chi connectivity index (χ0v) is 17.9. The number of carbonyl (C=O) groups is 1. The molecule has 0 amide bonds. The van der Waals surface area contributed by atoms with Gasteiger partial charge in [0, 0.05) is 24.0 Å². The number of hydrogen-bond acceptors (Lipinski definition) is 7. The summed E-state index contributed by atoms with van der Waals surface area (Å²) in [6.07, 6.45) is 6.90. The molecule has 4 rings (SSSR count). The predicted octanol–water partition coefficient (Wildman–Crippen LogP) is 3.44. The van der Waals surface area contributed by atoms with Gasteiger partial charge in [-0.25, -0.2) is 0 Å². The second kappa shape index (κ2) is 8.55. The highest BCUT2D eigenvalue weighted by Gasteiger charge is 2.43. The standard InChI is InChI=1S/C23H27N5O3/c1-14(2)10-15-6-4-5-7-18(15)20-26-22(28-31-20)23(3,19-13-24-8-9-25-19)27-17-11-16(12-17)21(29)30/h4-9,13-14,16-17,27H,10-12H2,1-3H3,(H,29,30). The van der Waals surface area contributed by atoms with Crippen molar-refractivity contribution in [2.24, 2.45) is 11.8 Å². The molecule has 2 aromatic heterocycles. The van der Waals surface area contributed by atoms with E-state index in [0.29, 0.717) is 36.2 Å². The van der Waals surface area contributed by atoms with Crippen LogP contribution in [0.2, 0.25) is 0 Å². The molecule has 0 bridgehead atoms. The van der Waals surface area contributed by atoms with Crippen molar-refractivity contribution < 1.29 is 14.4 Å². The van der Waals surface area contributed by atoms with Crippen LogP contribution in [0.4, 0.5) is 0 Å². The third kappa shape index (κ3) is 4.34. The largest absolute Gasteiger partial charge is 0.481 e. The van der Waals surface area contributed by atoms with Crippen molar-refractivity contribution in [1.29, 1.82) is 0 Å². The van der Waals surface area contributed by atoms with Gasteiger partial charge in [-0.3, -0.25) is 20.1 Å². The fourth-order valence-electron chi connectivity index (χ4n) is 4.04. The van der Waals surface area contributed by atoms with E-state index in [-0.39, 0.29) is 12.0 Å². The molecule has 2 heterocycles. The SMILES string of the molecule is CC(C)Cc1ccccc1-c1nc(C(C)(NC2CC(C(=O)O)C2)c2cnccn2)no1. The molecule has 3 aromatic rings.